The van der Waals surface area contributed by atoms with Crippen molar-refractivity contribution in [2.75, 3.05) is 26.1 Å². The third-order valence-electron chi connectivity index (χ3n) is 4.61. The van der Waals surface area contributed by atoms with Gasteiger partial charge in [-0.15, -0.1) is 0 Å². The van der Waals surface area contributed by atoms with Crippen LogP contribution in [0.1, 0.15) is 35.1 Å². The molecule has 0 radical (unpaired) electrons. The first-order chi connectivity index (χ1) is 13.2. The molecule has 1 amide bonds. The number of carbonyl (C=O) groups excluding carboxylic acids is 1. The van der Waals surface area contributed by atoms with Gasteiger partial charge in [0.2, 0.25) is 0 Å². The smallest absolute Gasteiger partial charge is 0.255 e. The van der Waals surface area contributed by atoms with Gasteiger partial charge in [-0.05, 0) is 43.2 Å². The van der Waals surface area contributed by atoms with Crippen molar-refractivity contribution in [3.05, 3.63) is 47.8 Å². The Bertz CT molecular complexity index is 954. The normalized spacial score (nSPS) is 16.4. The fourth-order valence-corrected chi connectivity index (χ4v) is 3.19. The number of nitrogens with zero attached hydrogens (tertiary/aromatic N) is 1. The van der Waals surface area contributed by atoms with E-state index in [4.69, 9.17) is 14.2 Å². The molecule has 0 saturated carbocycles. The van der Waals surface area contributed by atoms with Gasteiger partial charge >= 0.3 is 0 Å². The number of aromatic amines is 1. The molecule has 2 N–H and O–H groups in total. The third-order valence-corrected chi connectivity index (χ3v) is 4.61. The fraction of sp³-hybridized carbons (Fsp3) is 0.300. The van der Waals surface area contributed by atoms with Crippen molar-refractivity contribution in [2.45, 2.75) is 18.9 Å². The minimum Gasteiger partial charge on any atom is -0.497 e. The zero-order chi connectivity index (χ0) is 18.8. The van der Waals surface area contributed by atoms with Crippen LogP contribution in [-0.4, -0.2) is 36.7 Å². The van der Waals surface area contributed by atoms with Gasteiger partial charge in [-0.3, -0.25) is 4.79 Å². The second-order valence-corrected chi connectivity index (χ2v) is 6.41. The van der Waals surface area contributed by atoms with E-state index in [1.807, 2.05) is 18.2 Å². The van der Waals surface area contributed by atoms with Crippen molar-refractivity contribution >= 4 is 22.6 Å². The maximum Gasteiger partial charge on any atom is 0.255 e. The molecule has 27 heavy (non-hydrogen) atoms. The van der Waals surface area contributed by atoms with Crippen molar-refractivity contribution in [1.82, 2.24) is 9.97 Å². The van der Waals surface area contributed by atoms with Crippen molar-refractivity contribution in [3.63, 3.8) is 0 Å². The van der Waals surface area contributed by atoms with Crippen LogP contribution in [-0.2, 0) is 4.74 Å². The second-order valence-electron chi connectivity index (χ2n) is 6.41. The average molecular weight is 367 g/mol. The number of carbonyl (C=O) groups is 1. The second kappa shape index (κ2) is 7.28. The number of H-pyrrole nitrogens is 1. The maximum atomic E-state index is 12.6. The van der Waals surface area contributed by atoms with E-state index in [0.29, 0.717) is 22.7 Å². The largest absolute Gasteiger partial charge is 0.497 e. The summed E-state index contributed by atoms with van der Waals surface area (Å²) >= 11 is 0. The number of nitrogens with one attached hydrogen (secondary N) is 2. The molecule has 0 spiro atoms. The lowest BCUT2D eigenvalue weighted by Gasteiger charge is -2.09. The number of imidazole rings is 1. The summed E-state index contributed by atoms with van der Waals surface area (Å²) in [5.41, 5.74) is 2.84. The number of fused-ring (bicyclic) bond motifs is 1. The highest BCUT2D eigenvalue weighted by atomic mass is 16.5. The number of amides is 1. The highest BCUT2D eigenvalue weighted by Crippen LogP contribution is 2.29. The average Bonchev–Trinajstić information content (AvgIpc) is 3.36. The lowest BCUT2D eigenvalue weighted by atomic mass is 10.1. The van der Waals surface area contributed by atoms with Gasteiger partial charge in [-0.1, -0.05) is 0 Å². The third kappa shape index (κ3) is 3.59. The number of methoxy groups -OCH3 is 2. The molecule has 1 aliphatic heterocycles. The highest BCUT2D eigenvalue weighted by Gasteiger charge is 2.21. The molecule has 1 aromatic heterocycles. The molecule has 140 valence electrons. The predicted molar refractivity (Wildman–Crippen MR) is 102 cm³/mol. The molecular weight excluding hydrogens is 346 g/mol. The van der Waals surface area contributed by atoms with E-state index in [1.165, 1.54) is 0 Å². The Morgan fingerprint density at radius 2 is 1.96 bits per heavy atom. The zero-order valence-electron chi connectivity index (χ0n) is 15.2. The number of aromatic nitrogens is 2. The van der Waals surface area contributed by atoms with Gasteiger partial charge in [0.25, 0.3) is 5.91 Å². The standard InChI is InChI=1S/C20H21N3O4/c1-25-14-8-12(9-15(11-14)26-2)20(24)21-13-5-6-16-17(10-13)23-19(22-16)18-4-3-7-27-18/h5-6,8-11,18H,3-4,7H2,1-2H3,(H,21,24)(H,22,23). The molecule has 4 rings (SSSR count). The van der Waals surface area contributed by atoms with Gasteiger partial charge < -0.3 is 24.5 Å². The Balaban J connectivity index is 1.56. The predicted octanol–water partition coefficient (Wildman–Crippen LogP) is 3.68. The summed E-state index contributed by atoms with van der Waals surface area (Å²) in [6.45, 7) is 0.771. The molecular formula is C20H21N3O4. The lowest BCUT2D eigenvalue weighted by molar-refractivity contribution is 0.102. The molecule has 7 nitrogen and oxygen atoms in total. The highest BCUT2D eigenvalue weighted by molar-refractivity contribution is 6.05. The van der Waals surface area contributed by atoms with E-state index >= 15 is 0 Å². The Labute approximate surface area is 156 Å². The van der Waals surface area contributed by atoms with Gasteiger partial charge in [-0.25, -0.2) is 4.98 Å². The summed E-state index contributed by atoms with van der Waals surface area (Å²) in [5.74, 6) is 1.71. The molecule has 2 aromatic carbocycles. The Kier molecular flexibility index (Phi) is 4.68. The van der Waals surface area contributed by atoms with Crippen molar-refractivity contribution in [1.29, 1.82) is 0 Å². The van der Waals surface area contributed by atoms with Crippen molar-refractivity contribution in [3.8, 4) is 11.5 Å². The Morgan fingerprint density at radius 3 is 2.63 bits per heavy atom. The summed E-state index contributed by atoms with van der Waals surface area (Å²) in [7, 11) is 3.10. The van der Waals surface area contributed by atoms with E-state index in [9.17, 15) is 4.79 Å². The fourth-order valence-electron chi connectivity index (χ4n) is 3.19. The number of rotatable bonds is 5. The van der Waals surface area contributed by atoms with E-state index in [0.717, 1.165) is 36.3 Å². The van der Waals surface area contributed by atoms with Gasteiger partial charge in [0.15, 0.2) is 0 Å². The van der Waals surface area contributed by atoms with Crippen LogP contribution in [0.25, 0.3) is 11.0 Å². The van der Waals surface area contributed by atoms with Gasteiger partial charge in [0, 0.05) is 23.9 Å². The Hall–Kier alpha value is -3.06. The first kappa shape index (κ1) is 17.4. The summed E-state index contributed by atoms with van der Waals surface area (Å²) in [6, 6.07) is 10.6. The SMILES string of the molecule is COc1cc(OC)cc(C(=O)Nc2ccc3nc(C4CCCO4)[nH]c3c2)c1. The lowest BCUT2D eigenvalue weighted by Crippen LogP contribution is -2.12. The Morgan fingerprint density at radius 1 is 1.19 bits per heavy atom. The molecule has 1 unspecified atom stereocenters. The van der Waals surface area contributed by atoms with Crippen LogP contribution in [0.2, 0.25) is 0 Å². The van der Waals surface area contributed by atoms with Crippen LogP contribution in [0.15, 0.2) is 36.4 Å². The summed E-state index contributed by atoms with van der Waals surface area (Å²) in [4.78, 5) is 20.5. The summed E-state index contributed by atoms with van der Waals surface area (Å²) in [5, 5.41) is 2.90. The van der Waals surface area contributed by atoms with E-state index in [1.54, 1.807) is 32.4 Å². The number of anilines is 1. The first-order valence-electron chi connectivity index (χ1n) is 8.82. The topological polar surface area (TPSA) is 85.5 Å². The summed E-state index contributed by atoms with van der Waals surface area (Å²) in [6.07, 6.45) is 2.05. The van der Waals surface area contributed by atoms with Crippen molar-refractivity contribution < 1.29 is 19.0 Å². The number of hydrogen-bond donors (Lipinski definition) is 2. The van der Waals surface area contributed by atoms with E-state index < -0.39 is 0 Å². The summed E-state index contributed by atoms with van der Waals surface area (Å²) < 4.78 is 16.1. The molecule has 1 saturated heterocycles. The van der Waals surface area contributed by atoms with Gasteiger partial charge in [-0.2, -0.15) is 0 Å². The van der Waals surface area contributed by atoms with Crippen molar-refractivity contribution in [2.24, 2.45) is 0 Å². The minimum absolute atomic E-state index is 0.0275. The van der Waals surface area contributed by atoms with Gasteiger partial charge in [0.05, 0.1) is 25.3 Å². The molecule has 2 heterocycles. The minimum atomic E-state index is -0.245. The first-order valence-corrected chi connectivity index (χ1v) is 8.82. The van der Waals surface area contributed by atoms with Crippen LogP contribution < -0.4 is 14.8 Å². The van der Waals surface area contributed by atoms with Gasteiger partial charge in [0.1, 0.15) is 23.4 Å². The number of hydrogen-bond acceptors (Lipinski definition) is 5. The molecule has 1 atom stereocenters. The quantitative estimate of drug-likeness (QED) is 0.718. The number of benzene rings is 2. The van der Waals surface area contributed by atoms with Crippen LogP contribution >= 0.6 is 0 Å². The zero-order valence-corrected chi connectivity index (χ0v) is 15.2. The van der Waals surface area contributed by atoms with Crippen LogP contribution in [0.5, 0.6) is 11.5 Å². The number of ether oxygens (including phenoxy) is 3. The molecule has 1 fully saturated rings. The van der Waals surface area contributed by atoms with E-state index in [-0.39, 0.29) is 12.0 Å². The monoisotopic (exact) mass is 367 g/mol. The molecule has 3 aromatic rings. The van der Waals surface area contributed by atoms with Crippen LogP contribution in [0, 0.1) is 0 Å². The molecule has 1 aliphatic rings. The van der Waals surface area contributed by atoms with Crippen LogP contribution in [0.4, 0.5) is 5.69 Å². The molecule has 7 heteroatoms. The molecule has 0 bridgehead atoms. The van der Waals surface area contributed by atoms with E-state index in [2.05, 4.69) is 15.3 Å². The maximum absolute atomic E-state index is 12.6. The molecule has 0 aliphatic carbocycles. The van der Waals surface area contributed by atoms with Crippen LogP contribution in [0.3, 0.4) is 0 Å².